The summed E-state index contributed by atoms with van der Waals surface area (Å²) in [6.45, 7) is 0. The van der Waals surface area contributed by atoms with Crippen molar-refractivity contribution in [3.63, 3.8) is 0 Å². The van der Waals surface area contributed by atoms with E-state index in [2.05, 4.69) is 37.2 Å². The third-order valence-electron chi connectivity index (χ3n) is 4.38. The first-order valence-corrected chi connectivity index (χ1v) is 10.2. The summed E-state index contributed by atoms with van der Waals surface area (Å²) in [6, 6.07) is 21.5. The monoisotopic (exact) mass is 504 g/mol. The smallest absolute Gasteiger partial charge is 0.271 e. The third-order valence-corrected chi connectivity index (χ3v) is 5.44. The van der Waals surface area contributed by atoms with Gasteiger partial charge >= 0.3 is 0 Å². The Balaban J connectivity index is 1.86. The highest BCUT2D eigenvalue weighted by Crippen LogP contribution is 2.31. The molecule has 0 aliphatic carbocycles. The number of benzene rings is 3. The van der Waals surface area contributed by atoms with E-state index in [1.54, 1.807) is 12.1 Å². The SMILES string of the molecule is O=[N+]([O-])c1cccc(NC(CC(O)c2ccc(Br)cc2)c2ccc(Br)cc2)c1. The second kappa shape index (κ2) is 9.32. The first-order valence-electron chi connectivity index (χ1n) is 8.62. The summed E-state index contributed by atoms with van der Waals surface area (Å²) in [6.07, 6.45) is -0.278. The summed E-state index contributed by atoms with van der Waals surface area (Å²) in [5.41, 5.74) is 2.44. The van der Waals surface area contributed by atoms with Crippen LogP contribution in [0.25, 0.3) is 0 Å². The fourth-order valence-electron chi connectivity index (χ4n) is 2.93. The van der Waals surface area contributed by atoms with Gasteiger partial charge in [0.2, 0.25) is 0 Å². The Morgan fingerprint density at radius 3 is 2.07 bits per heavy atom. The zero-order valence-electron chi connectivity index (χ0n) is 14.8. The number of nitrogens with zero attached hydrogens (tertiary/aromatic N) is 1. The van der Waals surface area contributed by atoms with Gasteiger partial charge < -0.3 is 10.4 Å². The van der Waals surface area contributed by atoms with Crippen LogP contribution in [0.4, 0.5) is 11.4 Å². The predicted molar refractivity (Wildman–Crippen MR) is 117 cm³/mol. The van der Waals surface area contributed by atoms with Gasteiger partial charge in [-0.15, -0.1) is 0 Å². The molecular weight excluding hydrogens is 488 g/mol. The van der Waals surface area contributed by atoms with Crippen molar-refractivity contribution in [3.05, 3.63) is 103 Å². The average Bonchev–Trinajstić information content (AvgIpc) is 2.68. The van der Waals surface area contributed by atoms with Crippen LogP contribution in [-0.4, -0.2) is 10.0 Å². The lowest BCUT2D eigenvalue weighted by atomic mass is 9.96. The molecule has 144 valence electrons. The normalized spacial score (nSPS) is 13.0. The minimum Gasteiger partial charge on any atom is -0.388 e. The highest BCUT2D eigenvalue weighted by Gasteiger charge is 2.19. The lowest BCUT2D eigenvalue weighted by Gasteiger charge is -2.23. The number of hydrogen-bond acceptors (Lipinski definition) is 4. The molecule has 7 heteroatoms. The maximum atomic E-state index is 11.1. The van der Waals surface area contributed by atoms with Crippen molar-refractivity contribution in [3.8, 4) is 0 Å². The van der Waals surface area contributed by atoms with Crippen LogP contribution < -0.4 is 5.32 Å². The molecule has 0 aromatic heterocycles. The Labute approximate surface area is 179 Å². The van der Waals surface area contributed by atoms with Crippen LogP contribution in [0.2, 0.25) is 0 Å². The van der Waals surface area contributed by atoms with Crippen molar-refractivity contribution in [2.24, 2.45) is 0 Å². The van der Waals surface area contributed by atoms with E-state index in [1.165, 1.54) is 12.1 Å². The second-order valence-electron chi connectivity index (χ2n) is 6.36. The zero-order valence-corrected chi connectivity index (χ0v) is 17.9. The quantitative estimate of drug-likeness (QED) is 0.288. The van der Waals surface area contributed by atoms with E-state index >= 15 is 0 Å². The lowest BCUT2D eigenvalue weighted by molar-refractivity contribution is -0.384. The van der Waals surface area contributed by atoms with Gasteiger partial charge in [-0.25, -0.2) is 0 Å². The van der Waals surface area contributed by atoms with Crippen LogP contribution in [0.3, 0.4) is 0 Å². The number of nitro groups is 1. The van der Waals surface area contributed by atoms with Gasteiger partial charge in [0.05, 0.1) is 17.1 Å². The van der Waals surface area contributed by atoms with Crippen molar-refractivity contribution in [2.45, 2.75) is 18.6 Å². The Morgan fingerprint density at radius 1 is 0.929 bits per heavy atom. The molecule has 2 unspecified atom stereocenters. The maximum absolute atomic E-state index is 11.1. The Kier molecular flexibility index (Phi) is 6.83. The molecule has 0 bridgehead atoms. The van der Waals surface area contributed by atoms with Gasteiger partial charge in [0.25, 0.3) is 5.69 Å². The topological polar surface area (TPSA) is 75.4 Å². The molecule has 3 aromatic carbocycles. The zero-order chi connectivity index (χ0) is 20.1. The van der Waals surface area contributed by atoms with E-state index in [1.807, 2.05) is 48.5 Å². The minimum atomic E-state index is -0.687. The van der Waals surface area contributed by atoms with Crippen molar-refractivity contribution in [1.29, 1.82) is 0 Å². The molecule has 3 rings (SSSR count). The van der Waals surface area contributed by atoms with Crippen molar-refractivity contribution >= 4 is 43.2 Å². The fourth-order valence-corrected chi connectivity index (χ4v) is 3.46. The van der Waals surface area contributed by atoms with E-state index in [9.17, 15) is 15.2 Å². The minimum absolute atomic E-state index is 0.0213. The molecule has 28 heavy (non-hydrogen) atoms. The van der Waals surface area contributed by atoms with Crippen molar-refractivity contribution in [2.75, 3.05) is 5.32 Å². The number of nitrogens with one attached hydrogen (secondary N) is 1. The average molecular weight is 506 g/mol. The summed E-state index contributed by atoms with van der Waals surface area (Å²) in [5, 5.41) is 25.1. The first kappa shape index (κ1) is 20.5. The van der Waals surface area contributed by atoms with Gasteiger partial charge in [0.1, 0.15) is 0 Å². The molecule has 0 aliphatic rings. The Morgan fingerprint density at radius 2 is 1.50 bits per heavy atom. The van der Waals surface area contributed by atoms with E-state index in [-0.39, 0.29) is 11.7 Å². The molecule has 5 nitrogen and oxygen atoms in total. The third kappa shape index (κ3) is 5.41. The van der Waals surface area contributed by atoms with Crippen LogP contribution in [0.15, 0.2) is 81.7 Å². The van der Waals surface area contributed by atoms with Crippen LogP contribution in [0, 0.1) is 10.1 Å². The van der Waals surface area contributed by atoms with Crippen LogP contribution in [0.1, 0.15) is 29.7 Å². The molecule has 0 fully saturated rings. The van der Waals surface area contributed by atoms with E-state index in [0.717, 1.165) is 20.1 Å². The van der Waals surface area contributed by atoms with E-state index < -0.39 is 11.0 Å². The maximum Gasteiger partial charge on any atom is 0.271 e. The largest absolute Gasteiger partial charge is 0.388 e. The summed E-state index contributed by atoms with van der Waals surface area (Å²) < 4.78 is 1.90. The molecule has 0 amide bonds. The summed E-state index contributed by atoms with van der Waals surface area (Å²) in [4.78, 5) is 10.6. The summed E-state index contributed by atoms with van der Waals surface area (Å²) >= 11 is 6.83. The molecule has 3 aromatic rings. The van der Waals surface area contributed by atoms with Crippen molar-refractivity contribution in [1.82, 2.24) is 0 Å². The van der Waals surface area contributed by atoms with Gasteiger partial charge in [0, 0.05) is 33.2 Å². The number of anilines is 1. The Hall–Kier alpha value is -2.22. The van der Waals surface area contributed by atoms with Gasteiger partial charge in [-0.3, -0.25) is 10.1 Å². The number of halogens is 2. The molecule has 2 N–H and O–H groups in total. The fraction of sp³-hybridized carbons (Fsp3) is 0.143. The molecule has 0 heterocycles. The van der Waals surface area contributed by atoms with Gasteiger partial charge in [-0.05, 0) is 41.5 Å². The summed E-state index contributed by atoms with van der Waals surface area (Å²) in [7, 11) is 0. The van der Waals surface area contributed by atoms with E-state index in [0.29, 0.717) is 12.1 Å². The summed E-state index contributed by atoms with van der Waals surface area (Å²) in [5.74, 6) is 0. The number of aliphatic hydroxyl groups excluding tert-OH is 1. The molecular formula is C21H18Br2N2O3. The van der Waals surface area contributed by atoms with Crippen LogP contribution in [-0.2, 0) is 0 Å². The molecule has 2 atom stereocenters. The standard InChI is InChI=1S/C21H18Br2N2O3/c22-16-8-4-14(5-9-16)20(13-21(26)15-6-10-17(23)11-7-15)24-18-2-1-3-19(12-18)25(27)28/h1-12,20-21,24,26H,13H2. The second-order valence-corrected chi connectivity index (χ2v) is 8.19. The van der Waals surface area contributed by atoms with Crippen molar-refractivity contribution < 1.29 is 10.0 Å². The molecule has 0 radical (unpaired) electrons. The number of rotatable bonds is 7. The van der Waals surface area contributed by atoms with Gasteiger partial charge in [-0.1, -0.05) is 62.2 Å². The first-order chi connectivity index (χ1) is 13.4. The number of non-ortho nitro benzene ring substituents is 1. The lowest BCUT2D eigenvalue weighted by Crippen LogP contribution is -2.15. The Bertz CT molecular complexity index is 947. The van der Waals surface area contributed by atoms with Crippen LogP contribution >= 0.6 is 31.9 Å². The molecule has 0 spiro atoms. The number of aliphatic hydroxyl groups is 1. The highest BCUT2D eigenvalue weighted by molar-refractivity contribution is 9.10. The molecule has 0 aliphatic heterocycles. The molecule has 0 saturated carbocycles. The number of hydrogen-bond donors (Lipinski definition) is 2. The predicted octanol–water partition coefficient (Wildman–Crippen LogP) is 6.40. The van der Waals surface area contributed by atoms with Gasteiger partial charge in [-0.2, -0.15) is 0 Å². The number of nitro benzene ring substituents is 1. The molecule has 0 saturated heterocycles. The van der Waals surface area contributed by atoms with Gasteiger partial charge in [0.15, 0.2) is 0 Å². The van der Waals surface area contributed by atoms with E-state index in [4.69, 9.17) is 0 Å². The van der Waals surface area contributed by atoms with Crippen LogP contribution in [0.5, 0.6) is 0 Å². The highest BCUT2D eigenvalue weighted by atomic mass is 79.9.